The Kier molecular flexibility index (Phi) is 7.66. The van der Waals surface area contributed by atoms with Crippen molar-refractivity contribution in [3.63, 3.8) is 0 Å². The van der Waals surface area contributed by atoms with Crippen LogP contribution in [0.1, 0.15) is 21.9 Å². The number of rotatable bonds is 5. The Balaban J connectivity index is 1.40. The number of hydrogen-bond acceptors (Lipinski definition) is 6. The Hall–Kier alpha value is -3.58. The van der Waals surface area contributed by atoms with Crippen molar-refractivity contribution in [1.82, 2.24) is 4.57 Å². The van der Waals surface area contributed by atoms with Gasteiger partial charge in [0.1, 0.15) is 11.8 Å². The van der Waals surface area contributed by atoms with Crippen molar-refractivity contribution in [3.8, 4) is 0 Å². The van der Waals surface area contributed by atoms with Crippen molar-refractivity contribution in [3.05, 3.63) is 109 Å². The lowest BCUT2D eigenvalue weighted by molar-refractivity contribution is -0.137. The lowest BCUT2D eigenvalue weighted by Gasteiger charge is -2.30. The number of halogens is 5. The van der Waals surface area contributed by atoms with E-state index >= 15 is 0 Å². The van der Waals surface area contributed by atoms with Crippen LogP contribution in [0.2, 0.25) is 10.0 Å². The van der Waals surface area contributed by atoms with Gasteiger partial charge in [-0.05, 0) is 60.2 Å². The Bertz CT molecular complexity index is 1820. The molecule has 1 fully saturated rings. The SMILES string of the molecule is O=C(Cn1c2c(sc1=O)[C@@H](c1ccc(Cl)cc1)[C@@H]1C(=O)N(c3cccc(C(F)(F)F)c3)C(=O)[C@@H]1S2)Nc1ccc(Cl)cc1. The maximum Gasteiger partial charge on any atom is 0.416 e. The van der Waals surface area contributed by atoms with Gasteiger partial charge in [0, 0.05) is 26.5 Å². The molecule has 2 aliphatic heterocycles. The summed E-state index contributed by atoms with van der Waals surface area (Å²) in [5.41, 5.74) is -0.140. The van der Waals surface area contributed by atoms with Crippen LogP contribution in [0.15, 0.2) is 82.6 Å². The van der Waals surface area contributed by atoms with Crippen LogP contribution in [-0.4, -0.2) is 27.5 Å². The van der Waals surface area contributed by atoms with E-state index in [1.54, 1.807) is 48.5 Å². The van der Waals surface area contributed by atoms with Crippen LogP contribution >= 0.6 is 46.3 Å². The van der Waals surface area contributed by atoms with E-state index in [-0.39, 0.29) is 12.2 Å². The molecule has 0 bridgehead atoms. The number of carbonyl (C=O) groups excluding carboxylic acids is 3. The zero-order valence-electron chi connectivity index (χ0n) is 21.6. The molecule has 1 aromatic heterocycles. The molecule has 3 atom stereocenters. The first-order valence-corrected chi connectivity index (χ1v) is 15.1. The second-order valence-corrected chi connectivity index (χ2v) is 12.8. The largest absolute Gasteiger partial charge is 0.416 e. The molecule has 2 aliphatic rings. The van der Waals surface area contributed by atoms with Gasteiger partial charge in [0.15, 0.2) is 0 Å². The lowest BCUT2D eigenvalue weighted by Crippen LogP contribution is -2.33. The quantitative estimate of drug-likeness (QED) is 0.241. The van der Waals surface area contributed by atoms with Crippen molar-refractivity contribution < 1.29 is 27.6 Å². The second-order valence-electron chi connectivity index (χ2n) is 9.83. The molecule has 220 valence electrons. The minimum Gasteiger partial charge on any atom is -0.325 e. The summed E-state index contributed by atoms with van der Waals surface area (Å²) in [6.45, 7) is -0.371. The molecule has 4 aromatic rings. The first-order valence-electron chi connectivity index (χ1n) is 12.7. The molecule has 0 saturated carbocycles. The Morgan fingerprint density at radius 1 is 0.907 bits per heavy atom. The number of nitrogens with zero attached hydrogens (tertiary/aromatic N) is 2. The Labute approximate surface area is 260 Å². The zero-order chi connectivity index (χ0) is 30.6. The van der Waals surface area contributed by atoms with E-state index in [9.17, 15) is 32.3 Å². The minimum atomic E-state index is -4.68. The van der Waals surface area contributed by atoms with Crippen molar-refractivity contribution in [2.75, 3.05) is 10.2 Å². The van der Waals surface area contributed by atoms with Gasteiger partial charge in [-0.15, -0.1) is 0 Å². The molecule has 0 radical (unpaired) electrons. The molecular weight excluding hydrogens is 646 g/mol. The number of carbonyl (C=O) groups is 3. The molecule has 3 heterocycles. The number of thioether (sulfide) groups is 1. The average molecular weight is 665 g/mol. The average Bonchev–Trinajstić information content (AvgIpc) is 3.40. The summed E-state index contributed by atoms with van der Waals surface area (Å²) in [6, 6.07) is 17.0. The molecule has 0 spiro atoms. The predicted molar refractivity (Wildman–Crippen MR) is 159 cm³/mol. The predicted octanol–water partition coefficient (Wildman–Crippen LogP) is 6.67. The summed E-state index contributed by atoms with van der Waals surface area (Å²) < 4.78 is 41.7. The van der Waals surface area contributed by atoms with Crippen LogP contribution in [0.4, 0.5) is 24.5 Å². The lowest BCUT2D eigenvalue weighted by atomic mass is 9.83. The van der Waals surface area contributed by atoms with Gasteiger partial charge < -0.3 is 5.32 Å². The van der Waals surface area contributed by atoms with Crippen LogP contribution < -0.4 is 15.1 Å². The fraction of sp³-hybridized carbons (Fsp3) is 0.172. The van der Waals surface area contributed by atoms with Crippen molar-refractivity contribution in [2.24, 2.45) is 5.92 Å². The maximum atomic E-state index is 13.9. The van der Waals surface area contributed by atoms with Crippen molar-refractivity contribution >= 4 is 75.4 Å². The smallest absolute Gasteiger partial charge is 0.325 e. The summed E-state index contributed by atoms with van der Waals surface area (Å²) in [7, 11) is 0. The molecule has 3 aromatic carbocycles. The number of alkyl halides is 3. The number of hydrogen-bond donors (Lipinski definition) is 1. The normalized spacial score (nSPS) is 19.7. The van der Waals surface area contributed by atoms with Crippen molar-refractivity contribution in [1.29, 1.82) is 0 Å². The van der Waals surface area contributed by atoms with Crippen LogP contribution in [0.5, 0.6) is 0 Å². The summed E-state index contributed by atoms with van der Waals surface area (Å²) in [6.07, 6.45) is -4.68. The first kappa shape index (κ1) is 29.5. The summed E-state index contributed by atoms with van der Waals surface area (Å²) in [4.78, 5) is 54.6. The van der Waals surface area contributed by atoms with Gasteiger partial charge in [0.2, 0.25) is 17.7 Å². The van der Waals surface area contributed by atoms with E-state index in [0.29, 0.717) is 31.2 Å². The topological polar surface area (TPSA) is 88.5 Å². The molecule has 6 rings (SSSR count). The van der Waals surface area contributed by atoms with Crippen LogP contribution in [-0.2, 0) is 27.1 Å². The number of benzene rings is 3. The molecule has 3 amide bonds. The molecule has 0 aliphatic carbocycles. The van der Waals surface area contributed by atoms with E-state index in [4.69, 9.17) is 23.2 Å². The number of thiazole rings is 1. The highest BCUT2D eigenvalue weighted by atomic mass is 35.5. The summed E-state index contributed by atoms with van der Waals surface area (Å²) in [5.74, 6) is -3.70. The summed E-state index contributed by atoms with van der Waals surface area (Å²) >= 11 is 13.8. The minimum absolute atomic E-state index is 0.197. The Morgan fingerprint density at radius 3 is 2.21 bits per heavy atom. The van der Waals surface area contributed by atoms with Crippen LogP contribution in [0, 0.1) is 5.92 Å². The third kappa shape index (κ3) is 5.48. The highest BCUT2D eigenvalue weighted by Gasteiger charge is 2.57. The standard InChI is InChI=1S/C29H18Cl2F3N3O4S2/c30-16-6-4-14(5-7-16)21-22-23(26(40)37(25(22)39)19-3-1-2-15(12-19)29(32,33)34)42-27-24(21)43-28(41)36(27)13-20(38)35-18-10-8-17(31)9-11-18/h1-12,21-23H,13H2,(H,35,38)/t21-,22-,23+/m0/s1. The number of fused-ring (bicyclic) bond motifs is 2. The molecule has 14 heteroatoms. The van der Waals surface area contributed by atoms with Gasteiger partial charge in [-0.3, -0.25) is 23.7 Å². The fourth-order valence-corrected chi connectivity index (χ4v) is 8.26. The third-order valence-corrected chi connectivity index (χ3v) is 10.2. The van der Waals surface area contributed by atoms with Gasteiger partial charge in [0.25, 0.3) is 0 Å². The fourth-order valence-electron chi connectivity index (χ4n) is 5.24. The highest BCUT2D eigenvalue weighted by Crippen LogP contribution is 2.54. The zero-order valence-corrected chi connectivity index (χ0v) is 24.7. The van der Waals surface area contributed by atoms with E-state index < -0.39 is 51.4 Å². The molecule has 43 heavy (non-hydrogen) atoms. The number of imide groups is 1. The summed E-state index contributed by atoms with van der Waals surface area (Å²) in [5, 5.41) is 2.89. The first-order chi connectivity index (χ1) is 20.4. The van der Waals surface area contributed by atoms with E-state index in [1.165, 1.54) is 10.6 Å². The van der Waals surface area contributed by atoms with Gasteiger partial charge >= 0.3 is 11.0 Å². The number of aromatic nitrogens is 1. The molecule has 1 N–H and O–H groups in total. The monoisotopic (exact) mass is 663 g/mol. The number of anilines is 2. The molecule has 0 unspecified atom stereocenters. The molecule has 1 saturated heterocycles. The van der Waals surface area contributed by atoms with Gasteiger partial charge in [-0.1, -0.05) is 64.5 Å². The van der Waals surface area contributed by atoms with Crippen molar-refractivity contribution in [2.45, 2.75) is 28.9 Å². The van der Waals surface area contributed by atoms with Gasteiger partial charge in [-0.2, -0.15) is 13.2 Å². The highest BCUT2D eigenvalue weighted by molar-refractivity contribution is 8.00. The van der Waals surface area contributed by atoms with E-state index in [1.807, 2.05) is 0 Å². The van der Waals surface area contributed by atoms with E-state index in [0.717, 1.165) is 46.2 Å². The maximum absolute atomic E-state index is 13.9. The number of amides is 3. The van der Waals surface area contributed by atoms with Crippen LogP contribution in [0.3, 0.4) is 0 Å². The van der Waals surface area contributed by atoms with Crippen LogP contribution in [0.25, 0.3) is 0 Å². The molecule has 7 nitrogen and oxygen atoms in total. The van der Waals surface area contributed by atoms with Gasteiger partial charge in [0.05, 0.1) is 22.2 Å². The van der Waals surface area contributed by atoms with E-state index in [2.05, 4.69) is 5.32 Å². The second kappa shape index (κ2) is 11.2. The molecular formula is C29H18Cl2F3N3O4S2. The van der Waals surface area contributed by atoms with Gasteiger partial charge in [-0.25, -0.2) is 4.90 Å². The number of nitrogens with one attached hydrogen (secondary N) is 1. The Morgan fingerprint density at radius 2 is 1.56 bits per heavy atom. The third-order valence-electron chi connectivity index (χ3n) is 7.14.